The van der Waals surface area contributed by atoms with E-state index < -0.39 is 5.97 Å². The fraction of sp³-hybridized carbons (Fsp3) is 0.111. The lowest BCUT2D eigenvalue weighted by molar-refractivity contribution is -0.134. The number of anilines is 3. The van der Waals surface area contributed by atoms with Gasteiger partial charge in [0.1, 0.15) is 12.4 Å². The topological polar surface area (TPSA) is 100 Å². The van der Waals surface area contributed by atoms with Gasteiger partial charge in [-0.15, -0.1) is 11.8 Å². The summed E-state index contributed by atoms with van der Waals surface area (Å²) in [6, 6.07) is 13.4. The highest BCUT2D eigenvalue weighted by atomic mass is 32.2. The van der Waals surface area contributed by atoms with Crippen molar-refractivity contribution in [3.8, 4) is 11.3 Å². The van der Waals surface area contributed by atoms with E-state index in [0.29, 0.717) is 11.5 Å². The molecule has 7 nitrogen and oxygen atoms in total. The molecule has 3 aromatic rings. The van der Waals surface area contributed by atoms with Crippen LogP contribution in [0.5, 0.6) is 0 Å². The highest BCUT2D eigenvalue weighted by molar-refractivity contribution is 7.98. The van der Waals surface area contributed by atoms with Crippen LogP contribution in [0, 0.1) is 0 Å². The molecule has 0 spiro atoms. The van der Waals surface area contributed by atoms with Gasteiger partial charge in [0.25, 0.3) is 0 Å². The van der Waals surface area contributed by atoms with Gasteiger partial charge in [-0.1, -0.05) is 12.1 Å². The van der Waals surface area contributed by atoms with E-state index in [0.717, 1.165) is 16.1 Å². The van der Waals surface area contributed by atoms with Gasteiger partial charge in [-0.25, -0.2) is 4.98 Å². The number of carboxylic acid groups (broad SMARTS) is 1. The first-order valence-electron chi connectivity index (χ1n) is 7.81. The Balaban J connectivity index is 1.97. The van der Waals surface area contributed by atoms with Gasteiger partial charge in [0.15, 0.2) is 0 Å². The Morgan fingerprint density at radius 3 is 2.77 bits per heavy atom. The number of carbonyl (C=O) groups is 1. The summed E-state index contributed by atoms with van der Waals surface area (Å²) < 4.78 is 0. The summed E-state index contributed by atoms with van der Waals surface area (Å²) in [7, 11) is 0. The van der Waals surface area contributed by atoms with Crippen LogP contribution in [0.1, 0.15) is 0 Å². The van der Waals surface area contributed by atoms with E-state index in [-0.39, 0.29) is 12.5 Å². The minimum Gasteiger partial charge on any atom is -0.480 e. The van der Waals surface area contributed by atoms with Crippen LogP contribution in [0.2, 0.25) is 0 Å². The smallest absolute Gasteiger partial charge is 0.322 e. The van der Waals surface area contributed by atoms with Crippen molar-refractivity contribution in [1.29, 1.82) is 0 Å². The Bertz CT molecular complexity index is 905. The molecule has 2 aromatic heterocycles. The molecule has 2 heterocycles. The summed E-state index contributed by atoms with van der Waals surface area (Å²) in [6.07, 6.45) is 5.38. The Labute approximate surface area is 154 Å². The van der Waals surface area contributed by atoms with Gasteiger partial charge in [0, 0.05) is 28.9 Å². The Kier molecular flexibility index (Phi) is 5.65. The third-order valence-corrected chi connectivity index (χ3v) is 4.25. The van der Waals surface area contributed by atoms with Gasteiger partial charge in [-0.3, -0.25) is 9.78 Å². The van der Waals surface area contributed by atoms with Crippen LogP contribution >= 0.6 is 11.8 Å². The van der Waals surface area contributed by atoms with Crippen LogP contribution in [0.25, 0.3) is 11.3 Å². The highest BCUT2D eigenvalue weighted by Gasteiger charge is 2.10. The molecule has 8 heteroatoms. The molecule has 0 aliphatic carbocycles. The zero-order chi connectivity index (χ0) is 18.4. The molecule has 0 atom stereocenters. The van der Waals surface area contributed by atoms with Crippen LogP contribution in [-0.4, -0.2) is 38.8 Å². The van der Waals surface area contributed by atoms with Gasteiger partial charge < -0.3 is 15.7 Å². The van der Waals surface area contributed by atoms with Crippen molar-refractivity contribution in [3.05, 3.63) is 54.9 Å². The van der Waals surface area contributed by atoms with E-state index >= 15 is 0 Å². The maximum Gasteiger partial charge on any atom is 0.322 e. The SMILES string of the molecule is CSc1ccccc1Nc1cc(-c2cccnc2)nc(NCC(=O)O)n1. The molecule has 0 fully saturated rings. The summed E-state index contributed by atoms with van der Waals surface area (Å²) in [5.41, 5.74) is 2.37. The van der Waals surface area contributed by atoms with Gasteiger partial charge in [0.2, 0.25) is 5.95 Å². The van der Waals surface area contributed by atoms with Crippen molar-refractivity contribution in [2.75, 3.05) is 23.4 Å². The quantitative estimate of drug-likeness (QED) is 0.546. The van der Waals surface area contributed by atoms with E-state index in [9.17, 15) is 4.79 Å². The maximum atomic E-state index is 10.8. The van der Waals surface area contributed by atoms with Crippen molar-refractivity contribution in [3.63, 3.8) is 0 Å². The average Bonchev–Trinajstić information content (AvgIpc) is 2.67. The molecule has 3 N–H and O–H groups in total. The molecule has 0 radical (unpaired) electrons. The lowest BCUT2D eigenvalue weighted by Gasteiger charge is -2.12. The van der Waals surface area contributed by atoms with Gasteiger partial charge in [0.05, 0.1) is 11.4 Å². The third-order valence-electron chi connectivity index (χ3n) is 3.45. The first-order valence-corrected chi connectivity index (χ1v) is 9.03. The average molecular weight is 367 g/mol. The van der Waals surface area contributed by atoms with Crippen LogP contribution in [0.3, 0.4) is 0 Å². The standard InChI is InChI=1S/C18H17N5O2S/c1-26-15-7-3-2-6-13(15)21-16-9-14(12-5-4-8-19-10-12)22-18(23-16)20-11-17(24)25/h2-10H,11H2,1H3,(H,24,25)(H2,20,21,22,23). The lowest BCUT2D eigenvalue weighted by atomic mass is 10.2. The van der Waals surface area contributed by atoms with Crippen LogP contribution in [-0.2, 0) is 4.79 Å². The van der Waals surface area contributed by atoms with Crippen molar-refractivity contribution in [1.82, 2.24) is 15.0 Å². The number of hydrogen-bond donors (Lipinski definition) is 3. The van der Waals surface area contributed by atoms with Gasteiger partial charge in [-0.05, 0) is 30.5 Å². The molecular formula is C18H17N5O2S. The van der Waals surface area contributed by atoms with E-state index in [1.54, 1.807) is 30.2 Å². The lowest BCUT2D eigenvalue weighted by Crippen LogP contribution is -2.15. The molecule has 0 saturated heterocycles. The number of aliphatic carboxylic acids is 1. The number of nitrogens with one attached hydrogen (secondary N) is 2. The molecule has 26 heavy (non-hydrogen) atoms. The molecule has 1 aromatic carbocycles. The van der Waals surface area contributed by atoms with Crippen molar-refractivity contribution >= 4 is 35.2 Å². The summed E-state index contributed by atoms with van der Waals surface area (Å²) >= 11 is 1.62. The predicted octanol–water partition coefficient (Wildman–Crippen LogP) is 3.50. The molecule has 3 rings (SSSR count). The number of rotatable bonds is 7. The molecule has 0 unspecified atom stereocenters. The monoisotopic (exact) mass is 367 g/mol. The number of aromatic nitrogens is 3. The highest BCUT2D eigenvalue weighted by Crippen LogP contribution is 2.29. The number of benzene rings is 1. The van der Waals surface area contributed by atoms with Crippen molar-refractivity contribution < 1.29 is 9.90 Å². The van der Waals surface area contributed by atoms with E-state index in [1.165, 1.54) is 0 Å². The Hall–Kier alpha value is -3.13. The molecule has 0 bridgehead atoms. The second-order valence-electron chi connectivity index (χ2n) is 5.28. The number of carboxylic acids is 1. The Morgan fingerprint density at radius 2 is 2.04 bits per heavy atom. The molecule has 0 amide bonds. The summed E-state index contributed by atoms with van der Waals surface area (Å²) in [5.74, 6) is -0.186. The zero-order valence-corrected chi connectivity index (χ0v) is 14.8. The van der Waals surface area contributed by atoms with Crippen molar-refractivity contribution in [2.24, 2.45) is 0 Å². The fourth-order valence-corrected chi connectivity index (χ4v) is 2.85. The van der Waals surface area contributed by atoms with Crippen LogP contribution in [0.4, 0.5) is 17.5 Å². The van der Waals surface area contributed by atoms with Crippen LogP contribution in [0.15, 0.2) is 59.8 Å². The van der Waals surface area contributed by atoms with Crippen molar-refractivity contribution in [2.45, 2.75) is 4.90 Å². The van der Waals surface area contributed by atoms with E-state index in [4.69, 9.17) is 5.11 Å². The number of pyridine rings is 1. The minimum absolute atomic E-state index is 0.234. The number of thioether (sulfide) groups is 1. The summed E-state index contributed by atoms with van der Waals surface area (Å²) in [6.45, 7) is -0.267. The third kappa shape index (κ3) is 4.48. The molecule has 132 valence electrons. The molecule has 0 aliphatic heterocycles. The van der Waals surface area contributed by atoms with Crippen LogP contribution < -0.4 is 10.6 Å². The largest absolute Gasteiger partial charge is 0.480 e. The number of nitrogens with zero attached hydrogens (tertiary/aromatic N) is 3. The zero-order valence-electron chi connectivity index (χ0n) is 14.0. The summed E-state index contributed by atoms with van der Waals surface area (Å²) in [4.78, 5) is 24.8. The maximum absolute atomic E-state index is 10.8. The fourth-order valence-electron chi connectivity index (χ4n) is 2.29. The predicted molar refractivity (Wildman–Crippen MR) is 103 cm³/mol. The molecule has 0 saturated carbocycles. The first kappa shape index (κ1) is 17.7. The summed E-state index contributed by atoms with van der Waals surface area (Å²) in [5, 5.41) is 14.9. The number of para-hydroxylation sites is 1. The Morgan fingerprint density at radius 1 is 1.19 bits per heavy atom. The first-order chi connectivity index (χ1) is 12.7. The second kappa shape index (κ2) is 8.30. The molecule has 0 aliphatic rings. The number of hydrogen-bond acceptors (Lipinski definition) is 7. The normalized spacial score (nSPS) is 10.3. The van der Waals surface area contributed by atoms with Gasteiger partial charge >= 0.3 is 5.97 Å². The van der Waals surface area contributed by atoms with E-state index in [1.807, 2.05) is 42.7 Å². The van der Waals surface area contributed by atoms with E-state index in [2.05, 4.69) is 25.6 Å². The minimum atomic E-state index is -0.984. The second-order valence-corrected chi connectivity index (χ2v) is 6.12. The van der Waals surface area contributed by atoms with Gasteiger partial charge in [-0.2, -0.15) is 4.98 Å². The molecular weight excluding hydrogens is 350 g/mol.